The van der Waals surface area contributed by atoms with Crippen LogP contribution in [-0.2, 0) is 19.4 Å². The maximum atomic E-state index is 12.2. The summed E-state index contributed by atoms with van der Waals surface area (Å²) in [6.45, 7) is 0.921. The van der Waals surface area contributed by atoms with Crippen LogP contribution in [0.2, 0.25) is 0 Å². The van der Waals surface area contributed by atoms with Crippen molar-refractivity contribution in [3.05, 3.63) is 0 Å². The van der Waals surface area contributed by atoms with Gasteiger partial charge in [-0.25, -0.2) is 8.42 Å². The van der Waals surface area contributed by atoms with E-state index in [0.29, 0.717) is 26.0 Å². The van der Waals surface area contributed by atoms with E-state index in [4.69, 9.17) is 4.74 Å². The molecule has 1 atom stereocenters. The number of carbonyl (C=O) groups excluding carboxylic acids is 1. The standard InChI is InChI=1S/C12H22BrNO4S/c1-18-8-7-14(12(15)4-2-3-6-13)11-5-9-19(16,17)10-11/h11H,2-10H2,1H3. The molecule has 1 saturated heterocycles. The lowest BCUT2D eigenvalue weighted by atomic mass is 10.1. The number of sulfone groups is 1. The average Bonchev–Trinajstić information content (AvgIpc) is 2.70. The smallest absolute Gasteiger partial charge is 0.222 e. The van der Waals surface area contributed by atoms with E-state index < -0.39 is 9.84 Å². The molecule has 1 amide bonds. The van der Waals surface area contributed by atoms with Crippen molar-refractivity contribution in [2.75, 3.05) is 37.1 Å². The van der Waals surface area contributed by atoms with Gasteiger partial charge in [-0.1, -0.05) is 15.9 Å². The fraction of sp³-hybridized carbons (Fsp3) is 0.917. The Morgan fingerprint density at radius 2 is 2.16 bits per heavy atom. The molecule has 0 spiro atoms. The number of methoxy groups -OCH3 is 1. The first kappa shape index (κ1) is 16.9. The predicted octanol–water partition coefficient (Wildman–Crippen LogP) is 1.21. The Balaban J connectivity index is 2.58. The first-order valence-electron chi connectivity index (χ1n) is 6.55. The SMILES string of the molecule is COCCN(C(=O)CCCCBr)C1CCS(=O)(=O)C1. The molecule has 1 rings (SSSR count). The van der Waals surface area contributed by atoms with Gasteiger partial charge in [-0.2, -0.15) is 0 Å². The van der Waals surface area contributed by atoms with Crippen molar-refractivity contribution in [3.8, 4) is 0 Å². The van der Waals surface area contributed by atoms with Crippen LogP contribution in [0.5, 0.6) is 0 Å². The molecule has 0 aromatic rings. The maximum Gasteiger partial charge on any atom is 0.222 e. The summed E-state index contributed by atoms with van der Waals surface area (Å²) < 4.78 is 28.1. The number of alkyl halides is 1. The molecule has 5 nitrogen and oxygen atoms in total. The lowest BCUT2D eigenvalue weighted by Gasteiger charge is -2.28. The van der Waals surface area contributed by atoms with Gasteiger partial charge in [-0.3, -0.25) is 4.79 Å². The second-order valence-electron chi connectivity index (χ2n) is 4.78. The van der Waals surface area contributed by atoms with Gasteiger partial charge in [0.25, 0.3) is 0 Å². The van der Waals surface area contributed by atoms with E-state index in [0.717, 1.165) is 18.2 Å². The largest absolute Gasteiger partial charge is 0.383 e. The van der Waals surface area contributed by atoms with Crippen molar-refractivity contribution in [2.24, 2.45) is 0 Å². The Bertz CT molecular complexity index is 385. The van der Waals surface area contributed by atoms with Crippen molar-refractivity contribution in [1.29, 1.82) is 0 Å². The Kier molecular flexibility index (Phi) is 7.31. The van der Waals surface area contributed by atoms with Gasteiger partial charge in [-0.15, -0.1) is 0 Å². The molecule has 1 heterocycles. The molecule has 1 fully saturated rings. The minimum atomic E-state index is -2.97. The summed E-state index contributed by atoms with van der Waals surface area (Å²) >= 11 is 3.34. The summed E-state index contributed by atoms with van der Waals surface area (Å²) in [4.78, 5) is 13.9. The van der Waals surface area contributed by atoms with Gasteiger partial charge in [0.2, 0.25) is 5.91 Å². The van der Waals surface area contributed by atoms with Crippen molar-refractivity contribution in [3.63, 3.8) is 0 Å². The highest BCUT2D eigenvalue weighted by atomic mass is 79.9. The van der Waals surface area contributed by atoms with Crippen molar-refractivity contribution in [1.82, 2.24) is 4.90 Å². The predicted molar refractivity (Wildman–Crippen MR) is 78.3 cm³/mol. The van der Waals surface area contributed by atoms with Gasteiger partial charge in [-0.05, 0) is 19.3 Å². The normalized spacial score (nSPS) is 21.5. The molecule has 0 aromatic carbocycles. The van der Waals surface area contributed by atoms with Gasteiger partial charge in [0.05, 0.1) is 18.1 Å². The highest BCUT2D eigenvalue weighted by Gasteiger charge is 2.34. The number of hydrogen-bond donors (Lipinski definition) is 0. The Hall–Kier alpha value is -0.140. The highest BCUT2D eigenvalue weighted by molar-refractivity contribution is 9.09. The monoisotopic (exact) mass is 355 g/mol. The third-order valence-electron chi connectivity index (χ3n) is 3.28. The van der Waals surface area contributed by atoms with Gasteiger partial charge < -0.3 is 9.64 Å². The average molecular weight is 356 g/mol. The van der Waals surface area contributed by atoms with Crippen molar-refractivity contribution < 1.29 is 17.9 Å². The molecule has 0 radical (unpaired) electrons. The molecule has 0 bridgehead atoms. The van der Waals surface area contributed by atoms with E-state index in [1.165, 1.54) is 0 Å². The van der Waals surface area contributed by atoms with E-state index in [2.05, 4.69) is 15.9 Å². The van der Waals surface area contributed by atoms with Gasteiger partial charge in [0, 0.05) is 31.4 Å². The van der Waals surface area contributed by atoms with Crippen LogP contribution >= 0.6 is 15.9 Å². The number of unbranched alkanes of at least 4 members (excludes halogenated alkanes) is 1. The summed E-state index contributed by atoms with van der Waals surface area (Å²) in [6, 6.07) is -0.170. The molecule has 19 heavy (non-hydrogen) atoms. The van der Waals surface area contributed by atoms with Crippen LogP contribution in [-0.4, -0.2) is 62.4 Å². The molecular weight excluding hydrogens is 334 g/mol. The quantitative estimate of drug-likeness (QED) is 0.485. The Morgan fingerprint density at radius 1 is 1.42 bits per heavy atom. The molecule has 112 valence electrons. The van der Waals surface area contributed by atoms with E-state index in [-0.39, 0.29) is 23.5 Å². The number of ether oxygens (including phenoxy) is 1. The zero-order chi connectivity index (χ0) is 14.3. The summed E-state index contributed by atoms with van der Waals surface area (Å²) in [5.41, 5.74) is 0. The second kappa shape index (κ2) is 8.21. The van der Waals surface area contributed by atoms with Crippen molar-refractivity contribution >= 4 is 31.7 Å². The minimum Gasteiger partial charge on any atom is -0.383 e. The number of rotatable bonds is 8. The molecular formula is C12H22BrNO4S. The molecule has 1 aliphatic heterocycles. The molecule has 7 heteroatoms. The van der Waals surface area contributed by atoms with Crippen LogP contribution in [0, 0.1) is 0 Å². The van der Waals surface area contributed by atoms with Gasteiger partial charge in [0.15, 0.2) is 9.84 Å². The van der Waals surface area contributed by atoms with Crippen LogP contribution in [0.3, 0.4) is 0 Å². The van der Waals surface area contributed by atoms with E-state index in [1.54, 1.807) is 12.0 Å². The van der Waals surface area contributed by atoms with Crippen LogP contribution < -0.4 is 0 Å². The van der Waals surface area contributed by atoms with Crippen LogP contribution in [0.15, 0.2) is 0 Å². The number of amides is 1. The molecule has 0 aromatic heterocycles. The summed E-state index contributed by atoms with van der Waals surface area (Å²) in [6.07, 6.45) is 2.81. The molecule has 1 unspecified atom stereocenters. The fourth-order valence-corrected chi connectivity index (χ4v) is 4.36. The third-order valence-corrected chi connectivity index (χ3v) is 5.59. The van der Waals surface area contributed by atoms with Crippen LogP contribution in [0.4, 0.5) is 0 Å². The third kappa shape index (κ3) is 5.79. The van der Waals surface area contributed by atoms with Crippen LogP contribution in [0.25, 0.3) is 0 Å². The Labute approximate surface area is 123 Å². The number of carbonyl (C=O) groups is 1. The topological polar surface area (TPSA) is 63.7 Å². The second-order valence-corrected chi connectivity index (χ2v) is 7.80. The van der Waals surface area contributed by atoms with Crippen LogP contribution in [0.1, 0.15) is 25.7 Å². The molecule has 0 aliphatic carbocycles. The Morgan fingerprint density at radius 3 is 2.68 bits per heavy atom. The number of halogens is 1. The molecule has 0 saturated carbocycles. The maximum absolute atomic E-state index is 12.2. The summed E-state index contributed by atoms with van der Waals surface area (Å²) in [5, 5.41) is 0.885. The number of hydrogen-bond acceptors (Lipinski definition) is 4. The number of nitrogens with zero attached hydrogens (tertiary/aromatic N) is 1. The van der Waals surface area contributed by atoms with E-state index >= 15 is 0 Å². The zero-order valence-electron chi connectivity index (χ0n) is 11.3. The zero-order valence-corrected chi connectivity index (χ0v) is 13.7. The summed E-state index contributed by atoms with van der Waals surface area (Å²) in [7, 11) is -1.38. The first-order valence-corrected chi connectivity index (χ1v) is 9.49. The fourth-order valence-electron chi connectivity index (χ4n) is 2.24. The molecule has 0 N–H and O–H groups in total. The van der Waals surface area contributed by atoms with E-state index in [1.807, 2.05) is 0 Å². The van der Waals surface area contributed by atoms with Gasteiger partial charge >= 0.3 is 0 Å². The first-order chi connectivity index (χ1) is 9.00. The van der Waals surface area contributed by atoms with Crippen molar-refractivity contribution in [2.45, 2.75) is 31.7 Å². The molecule has 1 aliphatic rings. The minimum absolute atomic E-state index is 0.0418. The lowest BCUT2D eigenvalue weighted by Crippen LogP contribution is -2.43. The van der Waals surface area contributed by atoms with Gasteiger partial charge in [0.1, 0.15) is 0 Å². The summed E-state index contributed by atoms with van der Waals surface area (Å²) in [5.74, 6) is 0.330. The highest BCUT2D eigenvalue weighted by Crippen LogP contribution is 2.19. The lowest BCUT2D eigenvalue weighted by molar-refractivity contribution is -0.133. The van der Waals surface area contributed by atoms with E-state index in [9.17, 15) is 13.2 Å².